The molecule has 9 heteroatoms. The Morgan fingerprint density at radius 2 is 2.08 bits per heavy atom. The lowest BCUT2D eigenvalue weighted by atomic mass is 9.76. The summed E-state index contributed by atoms with van der Waals surface area (Å²) in [5, 5.41) is 25.1. The van der Waals surface area contributed by atoms with E-state index in [0.29, 0.717) is 0 Å². The van der Waals surface area contributed by atoms with Gasteiger partial charge in [-0.1, -0.05) is 18.7 Å². The minimum absolute atomic E-state index is 0.0634. The van der Waals surface area contributed by atoms with Crippen LogP contribution in [0.5, 0.6) is 0 Å². The molecule has 3 N–H and O–H groups in total. The lowest BCUT2D eigenvalue weighted by Crippen LogP contribution is -2.51. The summed E-state index contributed by atoms with van der Waals surface area (Å²) in [6.07, 6.45) is 1.19. The van der Waals surface area contributed by atoms with E-state index in [2.05, 4.69) is 11.9 Å². The largest absolute Gasteiger partial charge is 0.475 e. The molecule has 1 heterocycles. The molecule has 0 aliphatic rings. The van der Waals surface area contributed by atoms with Gasteiger partial charge in [0, 0.05) is 0 Å². The van der Waals surface area contributed by atoms with E-state index in [1.54, 1.807) is 6.07 Å². The van der Waals surface area contributed by atoms with Gasteiger partial charge in [0.15, 0.2) is 0 Å². The van der Waals surface area contributed by atoms with Gasteiger partial charge in [0.1, 0.15) is 12.4 Å². The molecule has 2 rings (SSSR count). The van der Waals surface area contributed by atoms with E-state index >= 15 is 0 Å². The number of hydrogen-bond donors (Lipinski definition) is 3. The highest BCUT2D eigenvalue weighted by atomic mass is 32.1. The van der Waals surface area contributed by atoms with E-state index < -0.39 is 37.2 Å². The van der Waals surface area contributed by atoms with Crippen LogP contribution in [0.25, 0.3) is 0 Å². The van der Waals surface area contributed by atoms with Crippen LogP contribution in [0.3, 0.4) is 0 Å². The molecular weight excluding hydrogens is 358 g/mol. The number of carbonyl (C=O) groups is 2. The molecule has 0 saturated heterocycles. The van der Waals surface area contributed by atoms with Crippen LogP contribution in [0.15, 0.2) is 53.7 Å². The van der Waals surface area contributed by atoms with Crippen molar-refractivity contribution in [1.82, 2.24) is 5.32 Å². The number of carbonyl (C=O) groups excluding carboxylic acids is 2. The van der Waals surface area contributed by atoms with Crippen LogP contribution in [-0.2, 0) is 16.0 Å². The van der Waals surface area contributed by atoms with E-state index in [-0.39, 0.29) is 12.1 Å². The van der Waals surface area contributed by atoms with Crippen LogP contribution in [-0.4, -0.2) is 41.5 Å². The zero-order valence-corrected chi connectivity index (χ0v) is 14.7. The Morgan fingerprint density at radius 1 is 1.35 bits per heavy atom. The summed E-state index contributed by atoms with van der Waals surface area (Å²) in [6, 6.07) is 7.35. The molecule has 2 amide bonds. The van der Waals surface area contributed by atoms with Gasteiger partial charge < -0.3 is 15.4 Å². The molecule has 6 nitrogen and oxygen atoms in total. The van der Waals surface area contributed by atoms with E-state index in [0.717, 1.165) is 16.5 Å². The third kappa shape index (κ3) is 5.25. The second-order valence-corrected chi connectivity index (χ2v) is 6.28. The van der Waals surface area contributed by atoms with Crippen molar-refractivity contribution < 1.29 is 24.0 Å². The quantitative estimate of drug-likeness (QED) is 0.476. The maximum Gasteiger partial charge on any atom is 0.475 e. The number of halogens is 1. The van der Waals surface area contributed by atoms with Gasteiger partial charge >= 0.3 is 7.12 Å². The first-order valence-corrected chi connectivity index (χ1v) is 8.71. The number of rotatable bonds is 8. The van der Waals surface area contributed by atoms with Crippen LogP contribution in [0.2, 0.25) is 0 Å². The van der Waals surface area contributed by atoms with E-state index in [4.69, 9.17) is 0 Å². The topological polar surface area (TPSA) is 89.9 Å². The molecule has 2 aromatic rings. The Hall–Kier alpha value is -2.49. The van der Waals surface area contributed by atoms with E-state index in [1.807, 2.05) is 10.8 Å². The van der Waals surface area contributed by atoms with Crippen LogP contribution < -0.4 is 10.2 Å². The van der Waals surface area contributed by atoms with Crippen molar-refractivity contribution in [3.63, 3.8) is 0 Å². The first-order valence-electron chi connectivity index (χ1n) is 7.77. The van der Waals surface area contributed by atoms with Gasteiger partial charge in [-0.15, -0.1) is 0 Å². The smallest absolute Gasteiger partial charge is 0.426 e. The van der Waals surface area contributed by atoms with Crippen molar-refractivity contribution in [2.45, 2.75) is 12.4 Å². The second-order valence-electron chi connectivity index (χ2n) is 5.50. The molecule has 0 radical (unpaired) electrons. The van der Waals surface area contributed by atoms with Gasteiger partial charge in [-0.3, -0.25) is 14.5 Å². The van der Waals surface area contributed by atoms with Crippen molar-refractivity contribution in [3.05, 3.63) is 65.1 Å². The summed E-state index contributed by atoms with van der Waals surface area (Å²) in [5.74, 6) is -2.92. The number of nitrogens with one attached hydrogen (secondary N) is 1. The highest BCUT2D eigenvalue weighted by molar-refractivity contribution is 7.07. The number of benzene rings is 1. The first kappa shape index (κ1) is 19.8. The van der Waals surface area contributed by atoms with Gasteiger partial charge in [-0.05, 0) is 47.0 Å². The normalized spacial score (nSPS) is 11.5. The number of para-hydroxylation sites is 1. The minimum atomic E-state index is -1.78. The van der Waals surface area contributed by atoms with Crippen molar-refractivity contribution in [3.8, 4) is 0 Å². The van der Waals surface area contributed by atoms with E-state index in [1.165, 1.54) is 35.6 Å². The van der Waals surface area contributed by atoms with E-state index in [9.17, 15) is 24.0 Å². The van der Waals surface area contributed by atoms with Crippen LogP contribution in [0, 0.1) is 5.82 Å². The molecule has 0 bridgehead atoms. The zero-order chi connectivity index (χ0) is 19.1. The van der Waals surface area contributed by atoms with Gasteiger partial charge in [-0.25, -0.2) is 4.39 Å². The number of nitrogens with zero attached hydrogens (tertiary/aromatic N) is 1. The van der Waals surface area contributed by atoms with Crippen molar-refractivity contribution >= 4 is 36.0 Å². The molecule has 1 aromatic heterocycles. The molecule has 0 aliphatic heterocycles. The SMILES string of the molecule is C=CC(=O)N(CC(=O)NC(Cc1ccsc1)B(O)O)c1ccccc1F. The van der Waals surface area contributed by atoms with Crippen LogP contribution >= 0.6 is 11.3 Å². The number of amides is 2. The maximum absolute atomic E-state index is 14.0. The van der Waals surface area contributed by atoms with Crippen molar-refractivity contribution in [2.75, 3.05) is 11.4 Å². The lowest BCUT2D eigenvalue weighted by Gasteiger charge is -2.23. The molecule has 136 valence electrons. The second kappa shape index (κ2) is 9.28. The molecule has 1 aromatic carbocycles. The molecule has 0 aliphatic carbocycles. The van der Waals surface area contributed by atoms with Crippen molar-refractivity contribution in [2.24, 2.45) is 0 Å². The Balaban J connectivity index is 2.11. The van der Waals surface area contributed by atoms with Crippen LogP contribution in [0.1, 0.15) is 5.56 Å². The fraction of sp³-hybridized carbons (Fsp3) is 0.176. The Bertz CT molecular complexity index is 770. The summed E-state index contributed by atoms with van der Waals surface area (Å²) < 4.78 is 14.0. The van der Waals surface area contributed by atoms with Gasteiger partial charge in [-0.2, -0.15) is 11.3 Å². The summed E-state index contributed by atoms with van der Waals surface area (Å²) >= 11 is 1.45. The average Bonchev–Trinajstić information content (AvgIpc) is 3.12. The highest BCUT2D eigenvalue weighted by Crippen LogP contribution is 2.19. The lowest BCUT2D eigenvalue weighted by molar-refractivity contribution is -0.122. The standard InChI is InChI=1S/C17H18BFN2O4S/c1-2-17(23)21(14-6-4-3-5-13(14)19)10-16(22)20-15(18(24)25)9-12-7-8-26-11-12/h2-8,11,15,24-25H,1,9-10H2,(H,20,22). The Kier molecular flexibility index (Phi) is 7.08. The fourth-order valence-corrected chi connectivity index (χ4v) is 3.03. The summed E-state index contributed by atoms with van der Waals surface area (Å²) in [4.78, 5) is 25.3. The summed E-state index contributed by atoms with van der Waals surface area (Å²) in [7, 11) is -1.78. The number of anilines is 1. The molecule has 0 spiro atoms. The Morgan fingerprint density at radius 3 is 2.65 bits per heavy atom. The first-order chi connectivity index (χ1) is 12.4. The third-order valence-electron chi connectivity index (χ3n) is 3.63. The number of hydrogen-bond acceptors (Lipinski definition) is 5. The number of thiophene rings is 1. The highest BCUT2D eigenvalue weighted by Gasteiger charge is 2.27. The van der Waals surface area contributed by atoms with Gasteiger partial charge in [0.25, 0.3) is 5.91 Å². The minimum Gasteiger partial charge on any atom is -0.426 e. The predicted molar refractivity (Wildman–Crippen MR) is 99.1 cm³/mol. The van der Waals surface area contributed by atoms with Crippen molar-refractivity contribution in [1.29, 1.82) is 0 Å². The van der Waals surface area contributed by atoms with Gasteiger partial charge in [0.05, 0.1) is 11.6 Å². The molecule has 0 saturated carbocycles. The molecule has 1 unspecified atom stereocenters. The molecule has 1 atom stereocenters. The predicted octanol–water partition coefficient (Wildman–Crippen LogP) is 1.15. The monoisotopic (exact) mass is 376 g/mol. The van der Waals surface area contributed by atoms with Crippen LogP contribution in [0.4, 0.5) is 10.1 Å². The van der Waals surface area contributed by atoms with Gasteiger partial charge in [0.2, 0.25) is 5.91 Å². The fourth-order valence-electron chi connectivity index (χ4n) is 2.35. The zero-order valence-electron chi connectivity index (χ0n) is 13.8. The summed E-state index contributed by atoms with van der Waals surface area (Å²) in [5.41, 5.74) is 0.771. The summed E-state index contributed by atoms with van der Waals surface area (Å²) in [6.45, 7) is 2.87. The molecule has 26 heavy (non-hydrogen) atoms. The molecular formula is C17H18BFN2O4S. The Labute approximate surface area is 154 Å². The third-order valence-corrected chi connectivity index (χ3v) is 4.36. The average molecular weight is 376 g/mol. The maximum atomic E-state index is 14.0. The molecule has 0 fully saturated rings.